The number of nitrogens with one attached hydrogen (secondary N) is 2. The number of nitrogen functional groups attached to an aromatic ring is 2. The zero-order valence-corrected chi connectivity index (χ0v) is 51.2. The minimum absolute atomic E-state index is 0. The average Bonchev–Trinajstić information content (AvgIpc) is 1.65. The second kappa shape index (κ2) is 28.6. The third-order valence-electron chi connectivity index (χ3n) is 14.5. The number of carbonyl (C=O) groups excluding carboxylic acids is 5. The van der Waals surface area contributed by atoms with E-state index in [1.54, 1.807) is 140 Å². The van der Waals surface area contributed by atoms with Gasteiger partial charge in [-0.15, -0.1) is 0 Å². The maximum atomic E-state index is 13.3. The summed E-state index contributed by atoms with van der Waals surface area (Å²) in [6, 6.07) is 30.8. The van der Waals surface area contributed by atoms with E-state index in [1.807, 2.05) is 20.8 Å². The molecule has 8 N–H and O–H groups in total. The average molecular weight is 1220 g/mol. The molecule has 2 aliphatic heterocycles. The number of piperidine rings is 2. The van der Waals surface area contributed by atoms with Gasteiger partial charge in [0.15, 0.2) is 23.1 Å². The van der Waals surface area contributed by atoms with Gasteiger partial charge in [0.2, 0.25) is 0 Å². The van der Waals surface area contributed by atoms with E-state index < -0.39 is 47.3 Å². The quantitative estimate of drug-likeness (QED) is 0.0432. The minimum atomic E-state index is -1.28. The summed E-state index contributed by atoms with van der Waals surface area (Å²) in [6.45, 7) is 13.1. The second-order valence-electron chi connectivity index (χ2n) is 23.2. The standard InChI is InChI=1S/C33H35FN6O4.C32H33FN6O5.Li.H2O/c1-20(41)29-28(38-30(40(29)35)26-7-5-6-18-39(26)32(43)44-33(2,3)4)22-8-10-23(11-9-22)31(42)37-27-19-24(16-17-36-27)21-12-14-25(34)15-13-21;1-32(2,3)44-31(43)38-17-5-4-6-24(38)28-37-26(27(30(41)42)39(28)34)20-7-9-21(10-8-20)29(40)36-25-18-22(15-16-35-25)19-11-13-23(33)14-12-19;;/h8-17,19,26H,5-7,18,35H2,1-4H3,(H,36,37,42);7-16,18,24H,4-6,17,34H2,1-3H3,(H,41,42)(H,35,36,40);;1H2/q;;+1;/p-1/t26-;24-;;/m00../s1. The fourth-order valence-corrected chi connectivity index (χ4v) is 10.4. The third kappa shape index (κ3) is 16.1. The zero-order chi connectivity index (χ0) is 63.2. The Labute approximate surface area is 530 Å². The van der Waals surface area contributed by atoms with E-state index >= 15 is 0 Å². The van der Waals surface area contributed by atoms with Crippen LogP contribution in [0.1, 0.15) is 152 Å². The van der Waals surface area contributed by atoms with Crippen molar-refractivity contribution in [3.8, 4) is 44.8 Å². The number of amides is 4. The number of likely N-dealkylation sites (tertiary alicyclic amines) is 2. The molecule has 2 aliphatic rings. The van der Waals surface area contributed by atoms with Crippen molar-refractivity contribution < 1.29 is 76.5 Å². The number of pyridine rings is 2. The zero-order valence-electron chi connectivity index (χ0n) is 51.2. The van der Waals surface area contributed by atoms with Gasteiger partial charge in [0.25, 0.3) is 11.8 Å². The summed E-state index contributed by atoms with van der Waals surface area (Å²) in [5.74, 6) is 11.0. The summed E-state index contributed by atoms with van der Waals surface area (Å²) in [6.07, 6.45) is 6.58. The van der Waals surface area contributed by atoms with Crippen LogP contribution in [0.2, 0.25) is 0 Å². The molecule has 0 radical (unpaired) electrons. The SMILES string of the molecule is CC(=O)c1c(-c2ccc(C(=O)Nc3cc(-c4ccc(F)cc4)ccn3)cc2)nc([C@@H]2CCCCN2C(=O)OC(C)(C)C)n1N.CC(C)(C)OC(=O)N1CCCC[C@H]1c1nc(-c2ccc(C(=O)Nc3cc(-c4ccc(F)cc4)ccn3)cc2)c(C(=O)O)n1N.[Li+].[OH-]. The number of aromatic carboxylic acids is 1. The molecule has 0 spiro atoms. The Balaban J connectivity index is 0.000000250. The number of hydrogen-bond donors (Lipinski definition) is 5. The maximum absolute atomic E-state index is 13.3. The van der Waals surface area contributed by atoms with Crippen LogP contribution < -0.4 is 41.2 Å². The van der Waals surface area contributed by atoms with E-state index in [4.69, 9.17) is 26.1 Å². The van der Waals surface area contributed by atoms with Crippen molar-refractivity contribution in [2.24, 2.45) is 0 Å². The Morgan fingerprint density at radius 3 is 1.24 bits per heavy atom. The van der Waals surface area contributed by atoms with Crippen molar-refractivity contribution in [3.05, 3.63) is 180 Å². The van der Waals surface area contributed by atoms with Crippen LogP contribution in [0.4, 0.5) is 30.0 Å². The third-order valence-corrected chi connectivity index (χ3v) is 14.5. The summed E-state index contributed by atoms with van der Waals surface area (Å²) in [7, 11) is 0. The predicted octanol–water partition coefficient (Wildman–Crippen LogP) is 9.09. The van der Waals surface area contributed by atoms with Crippen molar-refractivity contribution >= 4 is 47.4 Å². The molecule has 10 rings (SSSR count). The maximum Gasteiger partial charge on any atom is 1.00 e. The summed E-state index contributed by atoms with van der Waals surface area (Å²) >= 11 is 0. The second-order valence-corrected chi connectivity index (χ2v) is 23.2. The van der Waals surface area contributed by atoms with Crippen LogP contribution in [0.5, 0.6) is 0 Å². The molecule has 0 aliphatic carbocycles. The van der Waals surface area contributed by atoms with Crippen molar-refractivity contribution in [3.63, 3.8) is 0 Å². The number of ketones is 1. The van der Waals surface area contributed by atoms with E-state index in [0.29, 0.717) is 71.3 Å². The van der Waals surface area contributed by atoms with Gasteiger partial charge in [0, 0.05) is 54.7 Å². The molecular formula is C65H69F2LiN12O10. The summed E-state index contributed by atoms with van der Waals surface area (Å²) in [5, 5.41) is 15.6. The van der Waals surface area contributed by atoms with Gasteiger partial charge < -0.3 is 42.4 Å². The Morgan fingerprint density at radius 1 is 0.533 bits per heavy atom. The molecule has 25 heteroatoms. The molecule has 0 saturated carbocycles. The number of carbonyl (C=O) groups is 6. The minimum Gasteiger partial charge on any atom is -0.870 e. The molecule has 90 heavy (non-hydrogen) atoms. The Hall–Kier alpha value is -9.76. The molecule has 0 bridgehead atoms. The number of anilines is 2. The first-order chi connectivity index (χ1) is 41.8. The number of ether oxygens (including phenoxy) is 2. The van der Waals surface area contributed by atoms with Crippen LogP contribution >= 0.6 is 0 Å². The van der Waals surface area contributed by atoms with Crippen molar-refractivity contribution in [2.75, 3.05) is 35.4 Å². The molecule has 4 amide bonds. The fourth-order valence-electron chi connectivity index (χ4n) is 10.4. The van der Waals surface area contributed by atoms with Crippen LogP contribution in [-0.4, -0.2) is 110 Å². The van der Waals surface area contributed by atoms with Gasteiger partial charge in [-0.2, -0.15) is 0 Å². The first-order valence-corrected chi connectivity index (χ1v) is 28.6. The normalized spacial score (nSPS) is 14.8. The monoisotopic (exact) mass is 1220 g/mol. The molecule has 22 nitrogen and oxygen atoms in total. The van der Waals surface area contributed by atoms with Crippen LogP contribution in [0.3, 0.4) is 0 Å². The molecule has 464 valence electrons. The van der Waals surface area contributed by atoms with Crippen LogP contribution in [0.15, 0.2) is 134 Å². The molecule has 2 saturated heterocycles. The number of nitrogens with two attached hydrogens (primary N) is 2. The number of Topliss-reactive ketones (excluding diaryl/α,β-unsaturated/α-hetero) is 1. The molecule has 6 heterocycles. The summed E-state index contributed by atoms with van der Waals surface area (Å²) < 4.78 is 40.1. The van der Waals surface area contributed by atoms with Crippen LogP contribution in [0.25, 0.3) is 44.8 Å². The first-order valence-electron chi connectivity index (χ1n) is 28.6. The van der Waals surface area contributed by atoms with Gasteiger partial charge in [-0.1, -0.05) is 48.5 Å². The number of nitrogens with zero attached hydrogens (tertiary/aromatic N) is 8. The van der Waals surface area contributed by atoms with Gasteiger partial charge in [0.1, 0.15) is 51.6 Å². The van der Waals surface area contributed by atoms with Gasteiger partial charge in [-0.3, -0.25) is 24.2 Å². The van der Waals surface area contributed by atoms with E-state index in [2.05, 4.69) is 25.6 Å². The van der Waals surface area contributed by atoms with Gasteiger partial charge >= 0.3 is 37.0 Å². The number of aromatic nitrogens is 6. The Morgan fingerprint density at radius 2 is 0.889 bits per heavy atom. The topological polar surface area (TPSA) is 315 Å². The van der Waals surface area contributed by atoms with Gasteiger partial charge in [-0.05, 0) is 175 Å². The smallest absolute Gasteiger partial charge is 0.870 e. The van der Waals surface area contributed by atoms with E-state index in [-0.39, 0.29) is 70.6 Å². The molecule has 4 aromatic heterocycles. The molecule has 4 aromatic carbocycles. The molecule has 2 atom stereocenters. The number of benzene rings is 4. The first kappa shape index (κ1) is 67.7. The number of halogens is 2. The predicted molar refractivity (Wildman–Crippen MR) is 329 cm³/mol. The van der Waals surface area contributed by atoms with Gasteiger partial charge in [-0.25, -0.2) is 52.5 Å². The molecule has 0 unspecified atom stereocenters. The Bertz CT molecular complexity index is 3650. The van der Waals surface area contributed by atoms with Crippen molar-refractivity contribution in [1.82, 2.24) is 39.1 Å². The fraction of sp³-hybridized carbons (Fsp3) is 0.292. The van der Waals surface area contributed by atoms with Crippen molar-refractivity contribution in [2.45, 2.75) is 110 Å². The molecule has 8 aromatic rings. The van der Waals surface area contributed by atoms with Crippen LogP contribution in [-0.2, 0) is 9.47 Å². The summed E-state index contributed by atoms with van der Waals surface area (Å²) in [4.78, 5) is 98.1. The number of rotatable bonds is 12. The molecular weight excluding hydrogens is 1150 g/mol. The number of carboxylic acid groups (broad SMARTS) is 1. The number of imidazole rings is 2. The van der Waals surface area contributed by atoms with Gasteiger partial charge in [0.05, 0.1) is 12.1 Å². The summed E-state index contributed by atoms with van der Waals surface area (Å²) in [5.41, 5.74) is 3.85. The number of hydrogen-bond acceptors (Lipinski definition) is 15. The number of carboxylic acids is 1. The van der Waals surface area contributed by atoms with Crippen molar-refractivity contribution in [1.29, 1.82) is 0 Å². The largest absolute Gasteiger partial charge is 1.00 e. The van der Waals surface area contributed by atoms with Crippen LogP contribution in [0, 0.1) is 11.6 Å². The van der Waals surface area contributed by atoms with E-state index in [9.17, 15) is 42.7 Å². The van der Waals surface area contributed by atoms with E-state index in [1.165, 1.54) is 35.9 Å². The molecule has 2 fully saturated rings. The Kier molecular flexibility index (Phi) is 21.5. The van der Waals surface area contributed by atoms with E-state index in [0.717, 1.165) is 52.6 Å².